The second kappa shape index (κ2) is 5.58. The van der Waals surface area contributed by atoms with E-state index in [9.17, 15) is 10.2 Å². The Morgan fingerprint density at radius 3 is 2.80 bits per heavy atom. The molecule has 0 bridgehead atoms. The molecular formula is C9H10ClN3O2. The first-order chi connectivity index (χ1) is 7.19. The van der Waals surface area contributed by atoms with Crippen LogP contribution >= 0.6 is 11.6 Å². The van der Waals surface area contributed by atoms with E-state index in [1.54, 1.807) is 18.2 Å². The third-order valence-electron chi connectivity index (χ3n) is 1.89. The van der Waals surface area contributed by atoms with E-state index in [0.717, 1.165) is 0 Å². The first-order valence-electron chi connectivity index (χ1n) is 4.26. The largest absolute Gasteiger partial charge is 0.389 e. The van der Waals surface area contributed by atoms with Crippen molar-refractivity contribution in [2.75, 3.05) is 5.88 Å². The lowest BCUT2D eigenvalue weighted by Gasteiger charge is -2.15. The summed E-state index contributed by atoms with van der Waals surface area (Å²) in [6, 6.07) is 6.35. The maximum Gasteiger partial charge on any atom is 0.106 e. The average molecular weight is 228 g/mol. The van der Waals surface area contributed by atoms with Crippen molar-refractivity contribution < 1.29 is 10.2 Å². The maximum atomic E-state index is 9.61. The summed E-state index contributed by atoms with van der Waals surface area (Å²) < 4.78 is 0. The molecule has 0 aromatic heterocycles. The molecule has 0 aliphatic heterocycles. The SMILES string of the molecule is [N-]=[N+]=Nc1cccc(C(O)C(O)CCl)c1. The van der Waals surface area contributed by atoms with Crippen LogP contribution in [0.5, 0.6) is 0 Å². The molecule has 0 saturated carbocycles. The van der Waals surface area contributed by atoms with Gasteiger partial charge in [-0.05, 0) is 17.2 Å². The lowest BCUT2D eigenvalue weighted by Crippen LogP contribution is -2.19. The zero-order valence-corrected chi connectivity index (χ0v) is 8.54. The van der Waals surface area contributed by atoms with Crippen LogP contribution in [0.25, 0.3) is 10.4 Å². The molecule has 0 heterocycles. The van der Waals surface area contributed by atoms with Crippen molar-refractivity contribution in [3.8, 4) is 0 Å². The van der Waals surface area contributed by atoms with E-state index in [0.29, 0.717) is 11.3 Å². The van der Waals surface area contributed by atoms with Gasteiger partial charge in [0.05, 0.1) is 12.0 Å². The Morgan fingerprint density at radius 1 is 1.47 bits per heavy atom. The third-order valence-corrected chi connectivity index (χ3v) is 2.21. The number of aliphatic hydroxyl groups excluding tert-OH is 2. The van der Waals surface area contributed by atoms with Gasteiger partial charge in [-0.15, -0.1) is 11.6 Å². The fourth-order valence-corrected chi connectivity index (χ4v) is 1.30. The molecule has 2 atom stereocenters. The number of hydrogen-bond donors (Lipinski definition) is 2. The smallest absolute Gasteiger partial charge is 0.106 e. The Bertz CT molecular complexity index is 379. The van der Waals surface area contributed by atoms with Gasteiger partial charge in [0.15, 0.2) is 0 Å². The van der Waals surface area contributed by atoms with Crippen LogP contribution in [0.1, 0.15) is 11.7 Å². The molecule has 15 heavy (non-hydrogen) atoms. The van der Waals surface area contributed by atoms with Gasteiger partial charge in [0, 0.05) is 10.6 Å². The first kappa shape index (κ1) is 11.8. The number of nitrogens with zero attached hydrogens (tertiary/aromatic N) is 3. The van der Waals surface area contributed by atoms with E-state index in [4.69, 9.17) is 17.1 Å². The average Bonchev–Trinajstić information content (AvgIpc) is 2.28. The molecule has 0 saturated heterocycles. The Kier molecular flexibility index (Phi) is 4.39. The van der Waals surface area contributed by atoms with E-state index >= 15 is 0 Å². The van der Waals surface area contributed by atoms with Crippen LogP contribution in [0.15, 0.2) is 29.4 Å². The highest BCUT2D eigenvalue weighted by molar-refractivity contribution is 6.18. The fraction of sp³-hybridized carbons (Fsp3) is 0.333. The number of alkyl halides is 1. The van der Waals surface area contributed by atoms with Gasteiger partial charge in [-0.1, -0.05) is 23.3 Å². The summed E-state index contributed by atoms with van der Waals surface area (Å²) in [6.45, 7) is 0. The van der Waals surface area contributed by atoms with Crippen LogP contribution in [0.4, 0.5) is 5.69 Å². The van der Waals surface area contributed by atoms with E-state index in [1.807, 2.05) is 0 Å². The van der Waals surface area contributed by atoms with Crippen molar-refractivity contribution in [1.29, 1.82) is 0 Å². The summed E-state index contributed by atoms with van der Waals surface area (Å²) in [5, 5.41) is 22.3. The molecule has 0 aliphatic carbocycles. The lowest BCUT2D eigenvalue weighted by molar-refractivity contribution is 0.0327. The Morgan fingerprint density at radius 2 is 2.20 bits per heavy atom. The molecule has 80 valence electrons. The predicted molar refractivity (Wildman–Crippen MR) is 56.9 cm³/mol. The predicted octanol–water partition coefficient (Wildman–Crippen LogP) is 2.26. The van der Waals surface area contributed by atoms with Crippen LogP contribution < -0.4 is 0 Å². The Balaban J connectivity index is 2.94. The van der Waals surface area contributed by atoms with Crippen molar-refractivity contribution in [3.63, 3.8) is 0 Å². The summed E-state index contributed by atoms with van der Waals surface area (Å²) >= 11 is 5.41. The minimum atomic E-state index is -1.07. The monoisotopic (exact) mass is 227 g/mol. The molecule has 2 unspecified atom stereocenters. The van der Waals surface area contributed by atoms with Crippen LogP contribution in [-0.2, 0) is 0 Å². The van der Waals surface area contributed by atoms with E-state index in [-0.39, 0.29) is 5.88 Å². The standard InChI is InChI=1S/C9H10ClN3O2/c10-5-8(14)9(15)6-2-1-3-7(4-6)12-13-11/h1-4,8-9,14-15H,5H2. The molecule has 0 radical (unpaired) electrons. The molecule has 1 rings (SSSR count). The number of benzene rings is 1. The minimum Gasteiger partial charge on any atom is -0.389 e. The van der Waals surface area contributed by atoms with E-state index in [2.05, 4.69) is 10.0 Å². The second-order valence-electron chi connectivity index (χ2n) is 2.95. The van der Waals surface area contributed by atoms with Gasteiger partial charge in [0.25, 0.3) is 0 Å². The highest BCUT2D eigenvalue weighted by atomic mass is 35.5. The number of rotatable bonds is 4. The lowest BCUT2D eigenvalue weighted by atomic mass is 10.1. The normalized spacial score (nSPS) is 14.1. The van der Waals surface area contributed by atoms with Crippen LogP contribution in [0, 0.1) is 0 Å². The Labute approximate surface area is 91.6 Å². The van der Waals surface area contributed by atoms with Crippen molar-refractivity contribution in [2.45, 2.75) is 12.2 Å². The van der Waals surface area contributed by atoms with Crippen molar-refractivity contribution >= 4 is 17.3 Å². The van der Waals surface area contributed by atoms with Gasteiger partial charge >= 0.3 is 0 Å². The summed E-state index contributed by atoms with van der Waals surface area (Å²) in [5.74, 6) is -0.0626. The second-order valence-corrected chi connectivity index (χ2v) is 3.26. The number of azide groups is 1. The zero-order chi connectivity index (χ0) is 11.3. The topological polar surface area (TPSA) is 89.2 Å². The summed E-state index contributed by atoms with van der Waals surface area (Å²) in [4.78, 5) is 2.63. The van der Waals surface area contributed by atoms with Crippen molar-refractivity contribution in [2.24, 2.45) is 5.11 Å². The van der Waals surface area contributed by atoms with Gasteiger partial charge in [-0.2, -0.15) is 0 Å². The fourth-order valence-electron chi connectivity index (χ4n) is 1.13. The van der Waals surface area contributed by atoms with Crippen LogP contribution in [0.3, 0.4) is 0 Å². The molecular weight excluding hydrogens is 218 g/mol. The number of hydrogen-bond acceptors (Lipinski definition) is 3. The number of aliphatic hydroxyl groups is 2. The zero-order valence-electron chi connectivity index (χ0n) is 7.79. The summed E-state index contributed by atoms with van der Waals surface area (Å²) in [7, 11) is 0. The Hall–Kier alpha value is -1.26. The van der Waals surface area contributed by atoms with E-state index < -0.39 is 12.2 Å². The summed E-state index contributed by atoms with van der Waals surface area (Å²) in [6.07, 6.45) is -2.11. The van der Waals surface area contributed by atoms with Gasteiger partial charge in [-0.3, -0.25) is 0 Å². The molecule has 1 aromatic rings. The van der Waals surface area contributed by atoms with Gasteiger partial charge in [0.1, 0.15) is 6.10 Å². The molecule has 0 aliphatic rings. The quantitative estimate of drug-likeness (QED) is 0.358. The molecule has 1 aromatic carbocycles. The molecule has 6 heteroatoms. The van der Waals surface area contributed by atoms with Crippen LogP contribution in [0.2, 0.25) is 0 Å². The molecule has 0 fully saturated rings. The molecule has 2 N–H and O–H groups in total. The highest BCUT2D eigenvalue weighted by Gasteiger charge is 2.16. The molecule has 5 nitrogen and oxygen atoms in total. The molecule has 0 amide bonds. The highest BCUT2D eigenvalue weighted by Crippen LogP contribution is 2.22. The third kappa shape index (κ3) is 3.11. The van der Waals surface area contributed by atoms with Gasteiger partial charge in [-0.25, -0.2) is 0 Å². The van der Waals surface area contributed by atoms with Gasteiger partial charge < -0.3 is 10.2 Å². The van der Waals surface area contributed by atoms with Gasteiger partial charge in [0.2, 0.25) is 0 Å². The minimum absolute atomic E-state index is 0.0626. The first-order valence-corrected chi connectivity index (χ1v) is 4.79. The number of halogens is 1. The van der Waals surface area contributed by atoms with Crippen LogP contribution in [-0.4, -0.2) is 22.2 Å². The molecule has 0 spiro atoms. The maximum absolute atomic E-state index is 9.61. The van der Waals surface area contributed by atoms with E-state index in [1.165, 1.54) is 6.07 Å². The van der Waals surface area contributed by atoms with Crippen molar-refractivity contribution in [3.05, 3.63) is 40.3 Å². The summed E-state index contributed by atoms with van der Waals surface area (Å²) in [5.41, 5.74) is 9.08. The van der Waals surface area contributed by atoms with Crippen molar-refractivity contribution in [1.82, 2.24) is 0 Å².